The van der Waals surface area contributed by atoms with E-state index in [0.29, 0.717) is 18.7 Å². The standard InChI is InChI=1S/C30H35BrN2O3/c1-5-23(4)32-30(35)27(18-24-9-7-6-8-10-24)33(19-25-13-15-26(31)16-14-25)29(34)20-36-28-17-21(2)11-12-22(28)3/h6-17,23,27H,5,18-20H2,1-4H3,(H,32,35). The maximum Gasteiger partial charge on any atom is 0.261 e. The summed E-state index contributed by atoms with van der Waals surface area (Å²) < 4.78 is 6.93. The molecule has 0 aliphatic carbocycles. The van der Waals surface area contributed by atoms with Crippen LogP contribution in [0.2, 0.25) is 0 Å². The molecule has 0 aliphatic rings. The Morgan fingerprint density at radius 2 is 1.67 bits per heavy atom. The minimum absolute atomic E-state index is 0.00611. The first-order chi connectivity index (χ1) is 17.3. The molecule has 0 saturated carbocycles. The van der Waals surface area contributed by atoms with E-state index in [2.05, 4.69) is 21.2 Å². The highest BCUT2D eigenvalue weighted by atomic mass is 79.9. The van der Waals surface area contributed by atoms with Gasteiger partial charge < -0.3 is 15.0 Å². The molecule has 3 aromatic rings. The van der Waals surface area contributed by atoms with Crippen molar-refractivity contribution in [1.82, 2.24) is 10.2 Å². The SMILES string of the molecule is CCC(C)NC(=O)C(Cc1ccccc1)N(Cc1ccc(Br)cc1)C(=O)COc1cc(C)ccc1C. The molecule has 1 N–H and O–H groups in total. The van der Waals surface area contributed by atoms with Crippen LogP contribution < -0.4 is 10.1 Å². The molecular weight excluding hydrogens is 516 g/mol. The van der Waals surface area contributed by atoms with E-state index in [1.807, 2.05) is 100 Å². The minimum Gasteiger partial charge on any atom is -0.483 e. The van der Waals surface area contributed by atoms with Gasteiger partial charge in [-0.15, -0.1) is 0 Å². The topological polar surface area (TPSA) is 58.6 Å². The van der Waals surface area contributed by atoms with E-state index in [9.17, 15) is 9.59 Å². The summed E-state index contributed by atoms with van der Waals surface area (Å²) in [4.78, 5) is 28.9. The van der Waals surface area contributed by atoms with Gasteiger partial charge in [-0.25, -0.2) is 0 Å². The fourth-order valence-electron chi connectivity index (χ4n) is 3.87. The first kappa shape index (κ1) is 27.5. The average Bonchev–Trinajstić information content (AvgIpc) is 2.88. The Hall–Kier alpha value is -3.12. The van der Waals surface area contributed by atoms with E-state index in [4.69, 9.17) is 4.74 Å². The molecule has 0 fully saturated rings. The molecule has 0 aliphatic heterocycles. The van der Waals surface area contributed by atoms with E-state index in [1.165, 1.54) is 0 Å². The second-order valence-corrected chi connectivity index (χ2v) is 10.1. The van der Waals surface area contributed by atoms with Gasteiger partial charge in [-0.1, -0.05) is 77.5 Å². The van der Waals surface area contributed by atoms with Gasteiger partial charge in [0, 0.05) is 23.5 Å². The number of hydrogen-bond acceptors (Lipinski definition) is 3. The van der Waals surface area contributed by atoms with Crippen LogP contribution in [0, 0.1) is 13.8 Å². The summed E-state index contributed by atoms with van der Waals surface area (Å²) in [6, 6.07) is 22.9. The van der Waals surface area contributed by atoms with Crippen molar-refractivity contribution < 1.29 is 14.3 Å². The quantitative estimate of drug-likeness (QED) is 0.318. The molecule has 0 heterocycles. The van der Waals surface area contributed by atoms with Gasteiger partial charge in [-0.2, -0.15) is 0 Å². The molecule has 0 radical (unpaired) electrons. The summed E-state index contributed by atoms with van der Waals surface area (Å²) in [6.45, 7) is 8.10. The molecule has 0 bridgehead atoms. The number of amides is 2. The van der Waals surface area contributed by atoms with E-state index >= 15 is 0 Å². The zero-order chi connectivity index (χ0) is 26.1. The van der Waals surface area contributed by atoms with Crippen LogP contribution >= 0.6 is 15.9 Å². The maximum absolute atomic E-state index is 13.7. The molecule has 2 atom stereocenters. The van der Waals surface area contributed by atoms with Crippen LogP contribution in [0.15, 0.2) is 77.3 Å². The number of nitrogens with one attached hydrogen (secondary N) is 1. The molecule has 36 heavy (non-hydrogen) atoms. The number of nitrogens with zero attached hydrogens (tertiary/aromatic N) is 1. The minimum atomic E-state index is -0.681. The Labute approximate surface area is 223 Å². The zero-order valence-electron chi connectivity index (χ0n) is 21.5. The van der Waals surface area contributed by atoms with Crippen LogP contribution in [-0.2, 0) is 22.6 Å². The molecule has 0 aromatic heterocycles. The molecule has 2 amide bonds. The van der Waals surface area contributed by atoms with Gasteiger partial charge in [0.25, 0.3) is 5.91 Å². The largest absolute Gasteiger partial charge is 0.483 e. The Bertz CT molecular complexity index is 1150. The van der Waals surface area contributed by atoms with Crippen molar-refractivity contribution in [3.8, 4) is 5.75 Å². The first-order valence-electron chi connectivity index (χ1n) is 12.3. The van der Waals surface area contributed by atoms with Crippen LogP contribution in [0.5, 0.6) is 5.75 Å². The number of aryl methyl sites for hydroxylation is 2. The molecule has 3 aromatic carbocycles. The summed E-state index contributed by atoms with van der Waals surface area (Å²) >= 11 is 3.47. The lowest BCUT2D eigenvalue weighted by Gasteiger charge is -2.32. The van der Waals surface area contributed by atoms with Gasteiger partial charge in [0.2, 0.25) is 5.91 Å². The molecule has 0 saturated heterocycles. The lowest BCUT2D eigenvalue weighted by Crippen LogP contribution is -2.53. The van der Waals surface area contributed by atoms with Gasteiger partial charge in [0.1, 0.15) is 11.8 Å². The molecule has 190 valence electrons. The molecule has 5 nitrogen and oxygen atoms in total. The molecular formula is C30H35BrN2O3. The number of ether oxygens (including phenoxy) is 1. The van der Waals surface area contributed by atoms with E-state index in [0.717, 1.165) is 33.1 Å². The molecule has 3 rings (SSSR count). The van der Waals surface area contributed by atoms with Crippen molar-refractivity contribution in [1.29, 1.82) is 0 Å². The second kappa shape index (κ2) is 13.3. The second-order valence-electron chi connectivity index (χ2n) is 9.23. The van der Waals surface area contributed by atoms with Gasteiger partial charge >= 0.3 is 0 Å². The molecule has 0 spiro atoms. The number of carbonyl (C=O) groups excluding carboxylic acids is 2. The van der Waals surface area contributed by atoms with Crippen LogP contribution in [0.25, 0.3) is 0 Å². The first-order valence-corrected chi connectivity index (χ1v) is 13.1. The van der Waals surface area contributed by atoms with Gasteiger partial charge in [0.15, 0.2) is 6.61 Å². The summed E-state index contributed by atoms with van der Waals surface area (Å²) in [5.74, 6) is 0.278. The van der Waals surface area contributed by atoms with E-state index < -0.39 is 6.04 Å². The normalized spacial score (nSPS) is 12.5. The van der Waals surface area contributed by atoms with Crippen LogP contribution in [0.3, 0.4) is 0 Å². The lowest BCUT2D eigenvalue weighted by molar-refractivity contribution is -0.143. The van der Waals surface area contributed by atoms with Crippen molar-refractivity contribution in [2.75, 3.05) is 6.61 Å². The van der Waals surface area contributed by atoms with Crippen LogP contribution in [0.4, 0.5) is 0 Å². The van der Waals surface area contributed by atoms with Crippen molar-refractivity contribution >= 4 is 27.7 Å². The highest BCUT2D eigenvalue weighted by Crippen LogP contribution is 2.21. The van der Waals surface area contributed by atoms with Gasteiger partial charge in [0.05, 0.1) is 0 Å². The van der Waals surface area contributed by atoms with E-state index in [-0.39, 0.29) is 24.5 Å². The summed E-state index contributed by atoms with van der Waals surface area (Å²) in [5.41, 5.74) is 3.95. The summed E-state index contributed by atoms with van der Waals surface area (Å²) in [7, 11) is 0. The predicted molar refractivity (Wildman–Crippen MR) is 148 cm³/mol. The van der Waals surface area contributed by atoms with Crippen molar-refractivity contribution in [3.63, 3.8) is 0 Å². The third-order valence-corrected chi connectivity index (χ3v) is 6.76. The number of rotatable bonds is 11. The summed E-state index contributed by atoms with van der Waals surface area (Å²) in [6.07, 6.45) is 1.22. The zero-order valence-corrected chi connectivity index (χ0v) is 23.0. The van der Waals surface area contributed by atoms with Crippen molar-refractivity contribution in [2.24, 2.45) is 0 Å². The Kier molecular flexibility index (Phi) is 10.1. The summed E-state index contributed by atoms with van der Waals surface area (Å²) in [5, 5.41) is 3.09. The lowest BCUT2D eigenvalue weighted by atomic mass is 10.0. The number of carbonyl (C=O) groups is 2. The van der Waals surface area contributed by atoms with Crippen molar-refractivity contribution in [3.05, 3.63) is 99.5 Å². The van der Waals surface area contributed by atoms with Crippen LogP contribution in [0.1, 0.15) is 42.5 Å². The molecule has 6 heteroatoms. The van der Waals surface area contributed by atoms with Gasteiger partial charge in [-0.05, 0) is 67.6 Å². The Morgan fingerprint density at radius 3 is 2.33 bits per heavy atom. The smallest absolute Gasteiger partial charge is 0.261 e. The third kappa shape index (κ3) is 7.95. The fourth-order valence-corrected chi connectivity index (χ4v) is 4.13. The van der Waals surface area contributed by atoms with Gasteiger partial charge in [-0.3, -0.25) is 9.59 Å². The average molecular weight is 552 g/mol. The predicted octanol–water partition coefficient (Wildman–Crippen LogP) is 6.00. The Balaban J connectivity index is 1.92. The Morgan fingerprint density at radius 1 is 0.972 bits per heavy atom. The highest BCUT2D eigenvalue weighted by Gasteiger charge is 2.31. The third-order valence-electron chi connectivity index (χ3n) is 6.23. The number of benzene rings is 3. The van der Waals surface area contributed by atoms with E-state index in [1.54, 1.807) is 4.90 Å². The monoisotopic (exact) mass is 550 g/mol. The van der Waals surface area contributed by atoms with Crippen LogP contribution in [-0.4, -0.2) is 35.4 Å². The van der Waals surface area contributed by atoms with Crippen molar-refractivity contribution in [2.45, 2.75) is 59.2 Å². The number of halogens is 1. The number of hydrogen-bond donors (Lipinski definition) is 1. The maximum atomic E-state index is 13.7. The molecule has 2 unspecified atom stereocenters. The fraction of sp³-hybridized carbons (Fsp3) is 0.333. The highest BCUT2D eigenvalue weighted by molar-refractivity contribution is 9.10.